The Morgan fingerprint density at radius 1 is 1.36 bits per heavy atom. The Labute approximate surface area is 158 Å². The van der Waals surface area contributed by atoms with E-state index in [4.69, 9.17) is 21.1 Å². The third kappa shape index (κ3) is 4.87. The number of carbonyl (C=O) groups is 1. The van der Waals surface area contributed by atoms with Crippen LogP contribution < -0.4 is 14.9 Å². The van der Waals surface area contributed by atoms with E-state index in [0.717, 1.165) is 4.47 Å². The molecule has 6 nitrogen and oxygen atoms in total. The Balaban J connectivity index is 2.16. The molecule has 2 aromatic rings. The third-order valence-corrected chi connectivity index (χ3v) is 3.92. The highest BCUT2D eigenvalue weighted by atomic mass is 79.9. The second-order valence-electron chi connectivity index (χ2n) is 4.83. The van der Waals surface area contributed by atoms with Crippen molar-refractivity contribution in [3.63, 3.8) is 0 Å². The van der Waals surface area contributed by atoms with Crippen LogP contribution in [0.25, 0.3) is 0 Å². The number of phenolic OH excluding ortho intramolecular Hbond substituents is 1. The number of nitrogens with one attached hydrogen (secondary N) is 1. The maximum absolute atomic E-state index is 12.2. The Morgan fingerprint density at radius 2 is 2.12 bits per heavy atom. The largest absolute Gasteiger partial charge is 0.503 e. The van der Waals surface area contributed by atoms with Crippen LogP contribution in [0, 0.1) is 0 Å². The lowest BCUT2D eigenvalue weighted by Crippen LogP contribution is -2.18. The summed E-state index contributed by atoms with van der Waals surface area (Å²) in [5.41, 5.74) is 3.32. The number of nitrogens with zero attached hydrogens (tertiary/aromatic N) is 1. The molecule has 0 saturated heterocycles. The van der Waals surface area contributed by atoms with E-state index in [1.54, 1.807) is 31.2 Å². The Hall–Kier alpha value is -2.25. The number of phenols is 1. The van der Waals surface area contributed by atoms with Crippen LogP contribution in [-0.4, -0.2) is 30.9 Å². The molecule has 2 N–H and O–H groups in total. The minimum absolute atomic E-state index is 0.132. The first-order valence-electron chi connectivity index (χ1n) is 7.28. The van der Waals surface area contributed by atoms with Crippen molar-refractivity contribution in [1.29, 1.82) is 0 Å². The topological polar surface area (TPSA) is 80.2 Å². The van der Waals surface area contributed by atoms with Gasteiger partial charge in [0.2, 0.25) is 0 Å². The molecule has 1 amide bonds. The quantitative estimate of drug-likeness (QED) is 0.540. The number of methoxy groups -OCH3 is 1. The number of benzene rings is 2. The van der Waals surface area contributed by atoms with Crippen molar-refractivity contribution >= 4 is 39.7 Å². The number of aromatic hydroxyl groups is 1. The van der Waals surface area contributed by atoms with Gasteiger partial charge in [-0.1, -0.05) is 27.5 Å². The molecule has 132 valence electrons. The SMILES string of the molecule is CCOc1cc(/C=N\NC(=O)c2cc(Br)ccc2OC)cc(Cl)c1O. The third-order valence-electron chi connectivity index (χ3n) is 3.14. The zero-order valence-corrected chi connectivity index (χ0v) is 15.9. The number of halogens is 2. The first-order valence-corrected chi connectivity index (χ1v) is 8.45. The highest BCUT2D eigenvalue weighted by Crippen LogP contribution is 2.34. The molecule has 0 fully saturated rings. The number of carbonyl (C=O) groups excluding carboxylic acids is 1. The van der Waals surface area contributed by atoms with Crippen LogP contribution in [-0.2, 0) is 0 Å². The smallest absolute Gasteiger partial charge is 0.275 e. The van der Waals surface area contributed by atoms with Gasteiger partial charge in [-0.3, -0.25) is 4.79 Å². The summed E-state index contributed by atoms with van der Waals surface area (Å²) in [5, 5.41) is 13.8. The van der Waals surface area contributed by atoms with Gasteiger partial charge < -0.3 is 14.6 Å². The van der Waals surface area contributed by atoms with Gasteiger partial charge in [0.25, 0.3) is 5.91 Å². The van der Waals surface area contributed by atoms with E-state index in [0.29, 0.717) is 23.5 Å². The Bertz CT molecular complexity index is 811. The van der Waals surface area contributed by atoms with E-state index in [1.807, 2.05) is 0 Å². The maximum atomic E-state index is 12.2. The summed E-state index contributed by atoms with van der Waals surface area (Å²) >= 11 is 9.26. The van der Waals surface area contributed by atoms with E-state index in [-0.39, 0.29) is 16.5 Å². The van der Waals surface area contributed by atoms with Crippen LogP contribution in [0.3, 0.4) is 0 Å². The van der Waals surface area contributed by atoms with Crippen molar-refractivity contribution in [2.45, 2.75) is 6.92 Å². The zero-order valence-electron chi connectivity index (χ0n) is 13.5. The maximum Gasteiger partial charge on any atom is 0.275 e. The van der Waals surface area contributed by atoms with Crippen molar-refractivity contribution in [3.8, 4) is 17.2 Å². The predicted molar refractivity (Wildman–Crippen MR) is 100 cm³/mol. The van der Waals surface area contributed by atoms with Gasteiger partial charge in [0.1, 0.15) is 5.75 Å². The van der Waals surface area contributed by atoms with Crippen molar-refractivity contribution in [3.05, 3.63) is 51.0 Å². The summed E-state index contributed by atoms with van der Waals surface area (Å²) in [4.78, 5) is 12.2. The average Bonchev–Trinajstić information content (AvgIpc) is 2.59. The van der Waals surface area contributed by atoms with Crippen LogP contribution in [0.2, 0.25) is 5.02 Å². The Morgan fingerprint density at radius 3 is 2.80 bits per heavy atom. The highest BCUT2D eigenvalue weighted by Gasteiger charge is 2.12. The summed E-state index contributed by atoms with van der Waals surface area (Å²) in [5.74, 6) is 0.117. The molecule has 0 aliphatic heterocycles. The zero-order chi connectivity index (χ0) is 18.4. The second kappa shape index (κ2) is 8.73. The van der Waals surface area contributed by atoms with Gasteiger partial charge in [-0.05, 0) is 42.8 Å². The van der Waals surface area contributed by atoms with E-state index in [1.165, 1.54) is 19.4 Å². The molecule has 0 saturated carbocycles. The lowest BCUT2D eigenvalue weighted by Gasteiger charge is -2.08. The molecule has 0 bridgehead atoms. The minimum Gasteiger partial charge on any atom is -0.503 e. The molecule has 0 spiro atoms. The number of hydrazone groups is 1. The molecule has 8 heteroatoms. The molecule has 0 aromatic heterocycles. The molecule has 0 aliphatic carbocycles. The van der Waals surface area contributed by atoms with Crippen LogP contribution in [0.4, 0.5) is 0 Å². The number of ether oxygens (including phenoxy) is 2. The number of amides is 1. The summed E-state index contributed by atoms with van der Waals surface area (Å²) in [6.45, 7) is 2.17. The summed E-state index contributed by atoms with van der Waals surface area (Å²) < 4.78 is 11.2. The fraction of sp³-hybridized carbons (Fsp3) is 0.176. The Kier molecular flexibility index (Phi) is 6.66. The molecule has 0 radical (unpaired) electrons. The van der Waals surface area contributed by atoms with Gasteiger partial charge in [0.05, 0.1) is 30.5 Å². The van der Waals surface area contributed by atoms with Gasteiger partial charge >= 0.3 is 0 Å². The van der Waals surface area contributed by atoms with Crippen LogP contribution in [0.15, 0.2) is 39.9 Å². The molecule has 0 unspecified atom stereocenters. The lowest BCUT2D eigenvalue weighted by atomic mass is 10.2. The number of hydrogen-bond donors (Lipinski definition) is 2. The monoisotopic (exact) mass is 426 g/mol. The lowest BCUT2D eigenvalue weighted by molar-refractivity contribution is 0.0952. The van der Waals surface area contributed by atoms with Crippen molar-refractivity contribution in [1.82, 2.24) is 5.43 Å². The molecule has 2 aromatic carbocycles. The molecule has 0 atom stereocenters. The summed E-state index contributed by atoms with van der Waals surface area (Å²) in [7, 11) is 1.48. The average molecular weight is 428 g/mol. The van der Waals surface area contributed by atoms with Gasteiger partial charge in [-0.2, -0.15) is 5.10 Å². The van der Waals surface area contributed by atoms with Crippen LogP contribution >= 0.6 is 27.5 Å². The molecule has 0 heterocycles. The number of rotatable bonds is 6. The number of hydrogen-bond acceptors (Lipinski definition) is 5. The van der Waals surface area contributed by atoms with Crippen LogP contribution in [0.5, 0.6) is 17.2 Å². The fourth-order valence-electron chi connectivity index (χ4n) is 2.02. The van der Waals surface area contributed by atoms with Crippen molar-refractivity contribution < 1.29 is 19.4 Å². The highest BCUT2D eigenvalue weighted by molar-refractivity contribution is 9.10. The van der Waals surface area contributed by atoms with E-state index < -0.39 is 5.91 Å². The van der Waals surface area contributed by atoms with Gasteiger partial charge in [-0.25, -0.2) is 5.43 Å². The van der Waals surface area contributed by atoms with Crippen molar-refractivity contribution in [2.24, 2.45) is 5.10 Å². The van der Waals surface area contributed by atoms with Gasteiger partial charge in [0, 0.05) is 4.47 Å². The molecule has 2 rings (SSSR count). The molecular formula is C17H16BrClN2O4. The van der Waals surface area contributed by atoms with E-state index in [9.17, 15) is 9.90 Å². The van der Waals surface area contributed by atoms with Gasteiger partial charge in [-0.15, -0.1) is 0 Å². The molecule has 0 aliphatic rings. The van der Waals surface area contributed by atoms with E-state index >= 15 is 0 Å². The second-order valence-corrected chi connectivity index (χ2v) is 6.15. The first kappa shape index (κ1) is 19.1. The first-order chi connectivity index (χ1) is 12.0. The fourth-order valence-corrected chi connectivity index (χ4v) is 2.60. The minimum atomic E-state index is -0.427. The molecular weight excluding hydrogens is 412 g/mol. The van der Waals surface area contributed by atoms with Crippen LogP contribution in [0.1, 0.15) is 22.8 Å². The summed E-state index contributed by atoms with van der Waals surface area (Å²) in [6, 6.07) is 8.16. The standard InChI is InChI=1S/C17H16BrClN2O4/c1-3-25-15-7-10(6-13(19)16(15)22)9-20-21-17(23)12-8-11(18)4-5-14(12)24-2/h4-9,22H,3H2,1-2H3,(H,21,23)/b20-9-. The predicted octanol–water partition coefficient (Wildman–Crippen LogP) is 3.98. The van der Waals surface area contributed by atoms with Crippen molar-refractivity contribution in [2.75, 3.05) is 13.7 Å². The van der Waals surface area contributed by atoms with E-state index in [2.05, 4.69) is 26.5 Å². The summed E-state index contributed by atoms with van der Waals surface area (Å²) in [6.07, 6.45) is 1.40. The van der Waals surface area contributed by atoms with Gasteiger partial charge in [0.15, 0.2) is 11.5 Å². The molecule has 25 heavy (non-hydrogen) atoms. The normalized spacial score (nSPS) is 10.7.